The smallest absolute Gasteiger partial charge is 0.303 e. The fraction of sp³-hybridized carbons (Fsp3) is 0.500. The molecular weight excluding hydrogens is 252 g/mol. The first kappa shape index (κ1) is 11.8. The van der Waals surface area contributed by atoms with E-state index in [2.05, 4.69) is 0 Å². The second kappa shape index (κ2) is 4.47. The third-order valence-corrected chi connectivity index (χ3v) is 4.22. The summed E-state index contributed by atoms with van der Waals surface area (Å²) >= 11 is 6.21. The third-order valence-electron chi connectivity index (χ3n) is 3.94. The zero-order valence-corrected chi connectivity index (χ0v) is 10.8. The maximum absolute atomic E-state index is 10.7. The molecule has 3 rings (SSSR count). The molecule has 0 spiro atoms. The lowest BCUT2D eigenvalue weighted by Crippen LogP contribution is -2.02. The van der Waals surface area contributed by atoms with Crippen molar-refractivity contribution in [3.8, 4) is 5.75 Å². The van der Waals surface area contributed by atoms with Gasteiger partial charge in [0, 0.05) is 18.4 Å². The number of benzene rings is 1. The number of fused-ring (bicyclic) bond motifs is 3. The van der Waals surface area contributed by atoms with Crippen LogP contribution in [0.5, 0.6) is 5.75 Å². The number of carboxylic acid groups (broad SMARTS) is 1. The number of carbonyl (C=O) groups is 1. The Hall–Kier alpha value is -1.22. The van der Waals surface area contributed by atoms with E-state index in [0.29, 0.717) is 17.5 Å². The summed E-state index contributed by atoms with van der Waals surface area (Å²) in [6.45, 7) is 0.692. The van der Waals surface area contributed by atoms with Gasteiger partial charge in [0.1, 0.15) is 5.75 Å². The van der Waals surface area contributed by atoms with Gasteiger partial charge in [0.15, 0.2) is 0 Å². The lowest BCUT2D eigenvalue weighted by Gasteiger charge is -2.14. The van der Waals surface area contributed by atoms with Crippen LogP contribution in [0.3, 0.4) is 0 Å². The molecule has 18 heavy (non-hydrogen) atoms. The zero-order chi connectivity index (χ0) is 12.7. The van der Waals surface area contributed by atoms with Gasteiger partial charge in [0.05, 0.1) is 11.6 Å². The van der Waals surface area contributed by atoms with Crippen LogP contribution in [-0.4, -0.2) is 17.7 Å². The quantitative estimate of drug-likeness (QED) is 0.914. The highest BCUT2D eigenvalue weighted by Gasteiger charge is 2.31. The van der Waals surface area contributed by atoms with Crippen LogP contribution in [0, 0.1) is 0 Å². The average molecular weight is 267 g/mol. The molecule has 1 heterocycles. The van der Waals surface area contributed by atoms with Gasteiger partial charge < -0.3 is 9.84 Å². The summed E-state index contributed by atoms with van der Waals surface area (Å²) in [5.74, 6) is 0.478. The molecule has 0 saturated carbocycles. The molecule has 0 fully saturated rings. The Morgan fingerprint density at radius 3 is 3.11 bits per heavy atom. The minimum absolute atomic E-state index is 0.238. The summed E-state index contributed by atoms with van der Waals surface area (Å²) in [5, 5.41) is 9.52. The Labute approximate surface area is 111 Å². The molecule has 1 aliphatic carbocycles. The number of rotatable bonds is 3. The predicted molar refractivity (Wildman–Crippen MR) is 68.6 cm³/mol. The van der Waals surface area contributed by atoms with Crippen LogP contribution in [0.15, 0.2) is 6.07 Å². The number of aliphatic carboxylic acids is 1. The Morgan fingerprint density at radius 1 is 1.50 bits per heavy atom. The van der Waals surface area contributed by atoms with E-state index in [9.17, 15) is 4.79 Å². The van der Waals surface area contributed by atoms with E-state index in [1.54, 1.807) is 0 Å². The van der Waals surface area contributed by atoms with E-state index in [1.807, 2.05) is 6.07 Å². The van der Waals surface area contributed by atoms with Crippen LogP contribution in [0.2, 0.25) is 5.02 Å². The molecule has 1 atom stereocenters. The molecule has 4 heteroatoms. The number of hydrogen-bond acceptors (Lipinski definition) is 2. The molecule has 0 radical (unpaired) electrons. The highest BCUT2D eigenvalue weighted by atomic mass is 35.5. The van der Waals surface area contributed by atoms with Crippen molar-refractivity contribution in [2.45, 2.75) is 38.0 Å². The maximum Gasteiger partial charge on any atom is 0.303 e. The van der Waals surface area contributed by atoms with Crippen LogP contribution < -0.4 is 4.74 Å². The first-order valence-corrected chi connectivity index (χ1v) is 6.73. The van der Waals surface area contributed by atoms with Crippen LogP contribution in [-0.2, 0) is 17.6 Å². The fourth-order valence-corrected chi connectivity index (χ4v) is 3.49. The minimum atomic E-state index is -0.717. The second-order valence-corrected chi connectivity index (χ2v) is 5.41. The molecule has 1 aromatic carbocycles. The third kappa shape index (κ3) is 1.87. The summed E-state index contributed by atoms with van der Waals surface area (Å²) < 4.78 is 5.58. The van der Waals surface area contributed by atoms with E-state index in [4.69, 9.17) is 21.4 Å². The van der Waals surface area contributed by atoms with Crippen LogP contribution in [0.25, 0.3) is 0 Å². The lowest BCUT2D eigenvalue weighted by atomic mass is 9.91. The normalized spacial score (nSPS) is 20.4. The summed E-state index contributed by atoms with van der Waals surface area (Å²) in [6, 6.07) is 2.00. The van der Waals surface area contributed by atoms with Crippen molar-refractivity contribution in [2.75, 3.05) is 6.61 Å². The van der Waals surface area contributed by atoms with E-state index in [1.165, 1.54) is 16.7 Å². The number of halogens is 1. The van der Waals surface area contributed by atoms with E-state index >= 15 is 0 Å². The highest BCUT2D eigenvalue weighted by molar-refractivity contribution is 6.32. The largest absolute Gasteiger partial charge is 0.491 e. The molecule has 0 bridgehead atoms. The molecule has 2 aliphatic rings. The van der Waals surface area contributed by atoms with Gasteiger partial charge in [-0.15, -0.1) is 0 Å². The van der Waals surface area contributed by atoms with Crippen molar-refractivity contribution in [2.24, 2.45) is 0 Å². The molecule has 1 aromatic rings. The predicted octanol–water partition coefficient (Wildman–Crippen LogP) is 3.17. The van der Waals surface area contributed by atoms with Gasteiger partial charge in [0.25, 0.3) is 0 Å². The van der Waals surface area contributed by atoms with Gasteiger partial charge in [-0.1, -0.05) is 11.6 Å². The van der Waals surface area contributed by atoms with Crippen molar-refractivity contribution in [3.63, 3.8) is 0 Å². The first-order valence-electron chi connectivity index (χ1n) is 6.35. The number of ether oxygens (including phenoxy) is 1. The Kier molecular flexibility index (Phi) is 2.94. The van der Waals surface area contributed by atoms with Gasteiger partial charge in [-0.25, -0.2) is 0 Å². The SMILES string of the molecule is O=C(O)CCC1CCc2cc(Cl)c3c(c21)CCO3. The summed E-state index contributed by atoms with van der Waals surface area (Å²) in [6.07, 6.45) is 3.91. The second-order valence-electron chi connectivity index (χ2n) is 5.01. The average Bonchev–Trinajstić information content (AvgIpc) is 2.91. The van der Waals surface area contributed by atoms with E-state index < -0.39 is 5.97 Å². The number of hydrogen-bond donors (Lipinski definition) is 1. The van der Waals surface area contributed by atoms with Crippen LogP contribution in [0.4, 0.5) is 0 Å². The number of carboxylic acids is 1. The van der Waals surface area contributed by atoms with Gasteiger partial charge >= 0.3 is 5.97 Å². The van der Waals surface area contributed by atoms with Crippen molar-refractivity contribution in [3.05, 3.63) is 27.8 Å². The molecule has 1 unspecified atom stereocenters. The zero-order valence-electron chi connectivity index (χ0n) is 10.0. The summed E-state index contributed by atoms with van der Waals surface area (Å²) in [7, 11) is 0. The van der Waals surface area contributed by atoms with Crippen molar-refractivity contribution in [1.82, 2.24) is 0 Å². The van der Waals surface area contributed by atoms with Crippen LogP contribution in [0.1, 0.15) is 41.9 Å². The molecule has 0 aromatic heterocycles. The van der Waals surface area contributed by atoms with Crippen molar-refractivity contribution >= 4 is 17.6 Å². The molecule has 1 N–H and O–H groups in total. The van der Waals surface area contributed by atoms with E-state index in [0.717, 1.165) is 31.4 Å². The Balaban J connectivity index is 1.95. The fourth-order valence-electron chi connectivity index (χ4n) is 3.19. The van der Waals surface area contributed by atoms with Gasteiger partial charge in [-0.3, -0.25) is 4.79 Å². The monoisotopic (exact) mass is 266 g/mol. The van der Waals surface area contributed by atoms with E-state index in [-0.39, 0.29) is 6.42 Å². The molecule has 0 saturated heterocycles. The molecule has 3 nitrogen and oxygen atoms in total. The summed E-state index contributed by atoms with van der Waals surface area (Å²) in [5.41, 5.74) is 3.85. The van der Waals surface area contributed by atoms with Gasteiger partial charge in [0.2, 0.25) is 0 Å². The minimum Gasteiger partial charge on any atom is -0.491 e. The van der Waals surface area contributed by atoms with Crippen LogP contribution >= 0.6 is 11.6 Å². The maximum atomic E-state index is 10.7. The highest BCUT2D eigenvalue weighted by Crippen LogP contribution is 2.46. The first-order chi connectivity index (χ1) is 8.66. The lowest BCUT2D eigenvalue weighted by molar-refractivity contribution is -0.137. The standard InChI is InChI=1S/C14H15ClO3/c15-11-7-9-2-1-8(3-4-12(16)17)13(9)10-5-6-18-14(10)11/h7-8H,1-6H2,(H,16,17). The van der Waals surface area contributed by atoms with Gasteiger partial charge in [-0.05, 0) is 42.4 Å². The van der Waals surface area contributed by atoms with Crippen molar-refractivity contribution < 1.29 is 14.6 Å². The topological polar surface area (TPSA) is 46.5 Å². The molecule has 0 amide bonds. The molecule has 1 aliphatic heterocycles. The Morgan fingerprint density at radius 2 is 2.33 bits per heavy atom. The van der Waals surface area contributed by atoms with Gasteiger partial charge in [-0.2, -0.15) is 0 Å². The number of aryl methyl sites for hydroxylation is 1. The van der Waals surface area contributed by atoms with Crippen molar-refractivity contribution in [1.29, 1.82) is 0 Å². The molecular formula is C14H15ClO3. The molecule has 96 valence electrons. The Bertz CT molecular complexity index is 510. The summed E-state index contributed by atoms with van der Waals surface area (Å²) in [4.78, 5) is 10.7.